The molecule has 0 bridgehead atoms. The number of aliphatic carboxylic acids is 2. The molecule has 0 saturated carbocycles. The van der Waals surface area contributed by atoms with Crippen molar-refractivity contribution < 1.29 is 53.7 Å². The van der Waals surface area contributed by atoms with E-state index in [0.29, 0.717) is 6.42 Å². The fourth-order valence-electron chi connectivity index (χ4n) is 6.59. The predicted octanol–water partition coefficient (Wildman–Crippen LogP) is -1.74. The van der Waals surface area contributed by atoms with Gasteiger partial charge in [0.15, 0.2) is 0 Å². The summed E-state index contributed by atoms with van der Waals surface area (Å²) in [7, 11) is 0. The van der Waals surface area contributed by atoms with Gasteiger partial charge in [-0.1, -0.05) is 38.1 Å². The van der Waals surface area contributed by atoms with Crippen molar-refractivity contribution in [1.82, 2.24) is 31.1 Å². The van der Waals surface area contributed by atoms with Gasteiger partial charge in [0.05, 0.1) is 18.9 Å². The Bertz CT molecular complexity index is 1530. The fraction of sp³-hybridized carbons (Fsp3) is 0.576. The number of carboxylic acids is 2. The molecule has 272 valence electrons. The van der Waals surface area contributed by atoms with Gasteiger partial charge in [-0.2, -0.15) is 0 Å². The molecule has 7 atom stereocenters. The Hall–Kier alpha value is -5.06. The molecule has 3 heterocycles. The van der Waals surface area contributed by atoms with Crippen molar-refractivity contribution in [3.05, 3.63) is 35.4 Å². The second-order valence-corrected chi connectivity index (χ2v) is 13.4. The molecular formula is C33H44N6O11. The van der Waals surface area contributed by atoms with Crippen LogP contribution in [0.5, 0.6) is 0 Å². The van der Waals surface area contributed by atoms with Crippen molar-refractivity contribution in [3.8, 4) is 0 Å². The SMILES string of the molecule is CC(C)C[C@@H]1NC(=O)C2Cc3ccccc3CN2C(=O)[C@H]2CCCN2C(=O)[C@H](CC(=O)O)NC(=O)[C@H]([C@@H](C)O)NC(=O)[C@H](CC(=O)O)NC1=O. The highest BCUT2D eigenvalue weighted by molar-refractivity contribution is 6.00. The highest BCUT2D eigenvalue weighted by atomic mass is 16.4. The van der Waals surface area contributed by atoms with E-state index in [1.807, 2.05) is 6.07 Å². The van der Waals surface area contributed by atoms with Crippen molar-refractivity contribution in [2.45, 2.75) is 108 Å². The summed E-state index contributed by atoms with van der Waals surface area (Å²) >= 11 is 0. The number of aliphatic hydroxyl groups excluding tert-OH is 1. The van der Waals surface area contributed by atoms with Crippen LogP contribution < -0.4 is 21.3 Å². The Morgan fingerprint density at radius 3 is 1.94 bits per heavy atom. The second-order valence-electron chi connectivity index (χ2n) is 13.4. The lowest BCUT2D eigenvalue weighted by atomic mass is 9.92. The maximum Gasteiger partial charge on any atom is 0.305 e. The van der Waals surface area contributed by atoms with Gasteiger partial charge in [0.2, 0.25) is 35.4 Å². The minimum Gasteiger partial charge on any atom is -0.481 e. The number of carboxylic acid groups (broad SMARTS) is 2. The molecular weight excluding hydrogens is 656 g/mol. The molecule has 7 N–H and O–H groups in total. The Kier molecular flexibility index (Phi) is 12.2. The van der Waals surface area contributed by atoms with Crippen molar-refractivity contribution >= 4 is 47.4 Å². The van der Waals surface area contributed by atoms with E-state index in [4.69, 9.17) is 0 Å². The van der Waals surface area contributed by atoms with Crippen molar-refractivity contribution in [1.29, 1.82) is 0 Å². The van der Waals surface area contributed by atoms with Gasteiger partial charge in [0, 0.05) is 19.5 Å². The van der Waals surface area contributed by atoms with E-state index in [-0.39, 0.29) is 38.3 Å². The summed E-state index contributed by atoms with van der Waals surface area (Å²) in [6.45, 7) is 4.75. The predicted molar refractivity (Wildman–Crippen MR) is 173 cm³/mol. The Balaban J connectivity index is 1.81. The number of hydrogen-bond acceptors (Lipinski definition) is 9. The largest absolute Gasteiger partial charge is 0.481 e. The zero-order valence-corrected chi connectivity index (χ0v) is 28.1. The third kappa shape index (κ3) is 8.94. The van der Waals surface area contributed by atoms with Crippen molar-refractivity contribution in [2.75, 3.05) is 6.54 Å². The molecule has 3 aliphatic rings. The number of aliphatic hydroxyl groups is 1. The number of benzene rings is 1. The van der Waals surface area contributed by atoms with Crippen LogP contribution >= 0.6 is 0 Å². The summed E-state index contributed by atoms with van der Waals surface area (Å²) in [5.74, 6) is -8.49. The average molecular weight is 701 g/mol. The second kappa shape index (κ2) is 16.1. The first kappa shape index (κ1) is 37.8. The number of nitrogens with one attached hydrogen (secondary N) is 4. The number of fused-ring (bicyclic) bond motifs is 3. The van der Waals surface area contributed by atoms with Gasteiger partial charge in [-0.15, -0.1) is 0 Å². The van der Waals surface area contributed by atoms with Gasteiger partial charge in [-0.3, -0.25) is 38.4 Å². The van der Waals surface area contributed by atoms with Crippen LogP contribution in [0.25, 0.3) is 0 Å². The first-order chi connectivity index (χ1) is 23.6. The Morgan fingerprint density at radius 1 is 0.740 bits per heavy atom. The lowest BCUT2D eigenvalue weighted by Gasteiger charge is -2.40. The molecule has 1 aromatic carbocycles. The summed E-state index contributed by atoms with van der Waals surface area (Å²) in [5.41, 5.74) is 1.56. The van der Waals surface area contributed by atoms with Crippen molar-refractivity contribution in [3.63, 3.8) is 0 Å². The molecule has 0 aromatic heterocycles. The fourth-order valence-corrected chi connectivity index (χ4v) is 6.59. The maximum atomic E-state index is 14.3. The van der Waals surface area contributed by atoms with E-state index in [9.17, 15) is 53.7 Å². The Morgan fingerprint density at radius 2 is 1.32 bits per heavy atom. The molecule has 2 saturated heterocycles. The average Bonchev–Trinajstić information content (AvgIpc) is 3.53. The molecule has 1 unspecified atom stereocenters. The van der Waals surface area contributed by atoms with Gasteiger partial charge in [-0.05, 0) is 43.2 Å². The van der Waals surface area contributed by atoms with E-state index in [0.717, 1.165) is 18.1 Å². The summed E-state index contributed by atoms with van der Waals surface area (Å²) in [4.78, 5) is 109. The smallest absolute Gasteiger partial charge is 0.305 e. The standard InChI is InChI=1S/C33H44N6O11/c1-16(2)11-20-28(45)34-21(13-25(41)42)29(46)37-27(17(3)40)31(48)36-22(14-26(43)44)32(49)38-10-6-9-23(38)33(50)39-15-19-8-5-4-7-18(19)12-24(39)30(47)35-20/h4-5,7-8,16-17,20-24,27,40H,6,9-15H2,1-3H3,(H,34,45)(H,35,47)(H,36,48)(H,37,46)(H,41,42)(H,43,44)/t17-,20+,21+,22+,23-,24?,27+/m1/s1. The number of carbonyl (C=O) groups is 8. The first-order valence-electron chi connectivity index (χ1n) is 16.6. The topological polar surface area (TPSA) is 252 Å². The number of rotatable bonds is 7. The number of carbonyl (C=O) groups excluding carboxylic acids is 6. The highest BCUT2D eigenvalue weighted by Gasteiger charge is 2.45. The molecule has 17 heteroatoms. The zero-order chi connectivity index (χ0) is 36.9. The quantitative estimate of drug-likeness (QED) is 0.168. The monoisotopic (exact) mass is 700 g/mol. The molecule has 2 fully saturated rings. The summed E-state index contributed by atoms with van der Waals surface area (Å²) in [6.07, 6.45) is -2.76. The lowest BCUT2D eigenvalue weighted by Crippen LogP contribution is -2.63. The summed E-state index contributed by atoms with van der Waals surface area (Å²) in [5, 5.41) is 39.1. The van der Waals surface area contributed by atoms with Crippen LogP contribution in [0.3, 0.4) is 0 Å². The van der Waals surface area contributed by atoms with Crippen LogP contribution in [0.4, 0.5) is 0 Å². The van der Waals surface area contributed by atoms with Gasteiger partial charge < -0.3 is 46.4 Å². The van der Waals surface area contributed by atoms with Gasteiger partial charge in [0.1, 0.15) is 36.3 Å². The molecule has 0 spiro atoms. The molecule has 17 nitrogen and oxygen atoms in total. The lowest BCUT2D eigenvalue weighted by molar-refractivity contribution is -0.152. The molecule has 6 amide bonds. The van der Waals surface area contributed by atoms with E-state index in [1.165, 1.54) is 9.80 Å². The first-order valence-corrected chi connectivity index (χ1v) is 16.6. The minimum absolute atomic E-state index is 0.00111. The van der Waals surface area contributed by atoms with E-state index in [2.05, 4.69) is 21.3 Å². The third-order valence-electron chi connectivity index (χ3n) is 9.06. The molecule has 3 aliphatic heterocycles. The van der Waals surface area contributed by atoms with Crippen molar-refractivity contribution in [2.24, 2.45) is 5.92 Å². The van der Waals surface area contributed by atoms with E-state index in [1.54, 1.807) is 32.0 Å². The number of hydrogen-bond donors (Lipinski definition) is 7. The molecule has 0 radical (unpaired) electrons. The highest BCUT2D eigenvalue weighted by Crippen LogP contribution is 2.28. The zero-order valence-electron chi connectivity index (χ0n) is 28.1. The molecule has 1 aromatic rings. The van der Waals surface area contributed by atoms with Gasteiger partial charge in [-0.25, -0.2) is 0 Å². The Labute approximate surface area is 288 Å². The molecule has 50 heavy (non-hydrogen) atoms. The van der Waals surface area contributed by atoms with E-state index >= 15 is 0 Å². The summed E-state index contributed by atoms with van der Waals surface area (Å²) < 4.78 is 0. The number of nitrogens with zero attached hydrogens (tertiary/aromatic N) is 2. The summed E-state index contributed by atoms with van der Waals surface area (Å²) in [6, 6.07) is -1.62. The molecule has 4 rings (SSSR count). The number of amides is 6. The van der Waals surface area contributed by atoms with Crippen LogP contribution in [0.15, 0.2) is 24.3 Å². The van der Waals surface area contributed by atoms with Crippen LogP contribution in [0.1, 0.15) is 64.0 Å². The third-order valence-corrected chi connectivity index (χ3v) is 9.06. The normalized spacial score (nSPS) is 27.5. The van der Waals surface area contributed by atoms with Gasteiger partial charge in [0.25, 0.3) is 0 Å². The van der Waals surface area contributed by atoms with Crippen LogP contribution in [0, 0.1) is 5.92 Å². The van der Waals surface area contributed by atoms with Crippen LogP contribution in [0.2, 0.25) is 0 Å². The maximum absolute atomic E-state index is 14.3. The van der Waals surface area contributed by atoms with Crippen LogP contribution in [-0.2, 0) is 51.3 Å². The molecule has 0 aliphatic carbocycles. The van der Waals surface area contributed by atoms with Gasteiger partial charge >= 0.3 is 11.9 Å². The van der Waals surface area contributed by atoms with E-state index < -0.39 is 103 Å². The minimum atomic E-state index is -1.81. The van der Waals surface area contributed by atoms with Crippen LogP contribution in [-0.4, -0.2) is 121 Å².